The summed E-state index contributed by atoms with van der Waals surface area (Å²) in [6.45, 7) is 4.23. The Labute approximate surface area is 212 Å². The molecule has 1 atom stereocenters. The summed E-state index contributed by atoms with van der Waals surface area (Å²) in [5.74, 6) is 0.933. The average molecular weight is 513 g/mol. The molecule has 0 spiro atoms. The molecule has 0 aromatic heterocycles. The zero-order valence-corrected chi connectivity index (χ0v) is 22.3. The van der Waals surface area contributed by atoms with E-state index in [1.165, 1.54) is 11.4 Å². The molecule has 35 heavy (non-hydrogen) atoms. The van der Waals surface area contributed by atoms with Crippen molar-refractivity contribution in [3.05, 3.63) is 83.9 Å². The van der Waals surface area contributed by atoms with E-state index in [4.69, 9.17) is 4.74 Å². The highest BCUT2D eigenvalue weighted by molar-refractivity contribution is 7.98. The number of nitrogens with zero attached hydrogens (tertiary/aromatic N) is 1. The Hall–Kier alpha value is -2.97. The number of rotatable bonds is 10. The normalized spacial score (nSPS) is 12.3. The molecule has 1 N–H and O–H groups in total. The van der Waals surface area contributed by atoms with E-state index < -0.39 is 10.0 Å². The van der Waals surface area contributed by atoms with Gasteiger partial charge in [-0.15, -0.1) is 11.8 Å². The van der Waals surface area contributed by atoms with Gasteiger partial charge in [0.2, 0.25) is 0 Å². The quantitative estimate of drug-likeness (QED) is 0.350. The lowest BCUT2D eigenvalue weighted by atomic mass is 9.96. The van der Waals surface area contributed by atoms with E-state index in [-0.39, 0.29) is 16.8 Å². The number of methoxy groups -OCH3 is 1. The van der Waals surface area contributed by atoms with E-state index in [0.717, 1.165) is 22.6 Å². The Morgan fingerprint density at radius 2 is 1.57 bits per heavy atom. The third-order valence-electron chi connectivity index (χ3n) is 5.74. The van der Waals surface area contributed by atoms with E-state index in [0.29, 0.717) is 17.2 Å². The molecule has 0 aliphatic carbocycles. The summed E-state index contributed by atoms with van der Waals surface area (Å²) in [6.07, 6.45) is 2.72. The van der Waals surface area contributed by atoms with Crippen LogP contribution in [0.3, 0.4) is 0 Å². The fourth-order valence-corrected chi connectivity index (χ4v) is 5.30. The summed E-state index contributed by atoms with van der Waals surface area (Å²) < 4.78 is 32.5. The molecule has 0 fully saturated rings. The second kappa shape index (κ2) is 11.6. The maximum Gasteiger partial charge on any atom is 0.264 e. The highest BCUT2D eigenvalue weighted by Gasteiger charge is 2.22. The van der Waals surface area contributed by atoms with Gasteiger partial charge in [0.1, 0.15) is 5.75 Å². The number of benzene rings is 3. The minimum Gasteiger partial charge on any atom is -0.497 e. The average Bonchev–Trinajstić information content (AvgIpc) is 2.87. The number of carbonyl (C=O) groups excluding carboxylic acids is 1. The van der Waals surface area contributed by atoms with Crippen molar-refractivity contribution in [1.29, 1.82) is 0 Å². The van der Waals surface area contributed by atoms with Crippen molar-refractivity contribution in [3.63, 3.8) is 0 Å². The molecule has 1 amide bonds. The standard InChI is InChI=1S/C27H32N2O4S2/c1-19(2)18-26(20-8-12-23(33-4)13-9-20)28-27(30)21-6-10-22(11-7-21)29(3)35(31,32)25-16-14-24(34-5)15-17-25/h6-17,19,26H,18H2,1-5H3,(H,28,30)/t26-/m0/s1. The molecule has 0 aliphatic rings. The van der Waals surface area contributed by atoms with Gasteiger partial charge in [0.25, 0.3) is 15.9 Å². The summed E-state index contributed by atoms with van der Waals surface area (Å²) in [7, 11) is -0.581. The van der Waals surface area contributed by atoms with E-state index in [2.05, 4.69) is 19.2 Å². The van der Waals surface area contributed by atoms with Gasteiger partial charge in [0.15, 0.2) is 0 Å². The molecular formula is C27H32N2O4S2. The van der Waals surface area contributed by atoms with Gasteiger partial charge < -0.3 is 10.1 Å². The molecule has 0 unspecified atom stereocenters. The SMILES string of the molecule is COc1ccc([C@H](CC(C)C)NC(=O)c2ccc(N(C)S(=O)(=O)c3ccc(SC)cc3)cc2)cc1. The van der Waals surface area contributed by atoms with Crippen LogP contribution in [0.4, 0.5) is 5.69 Å². The summed E-state index contributed by atoms with van der Waals surface area (Å²) in [5, 5.41) is 3.12. The first-order chi connectivity index (χ1) is 16.6. The summed E-state index contributed by atoms with van der Waals surface area (Å²) in [5.41, 5.74) is 1.94. The second-order valence-corrected chi connectivity index (χ2v) is 11.5. The van der Waals surface area contributed by atoms with Gasteiger partial charge in [-0.05, 0) is 84.8 Å². The fraction of sp³-hybridized carbons (Fsp3) is 0.296. The first kappa shape index (κ1) is 26.6. The van der Waals surface area contributed by atoms with Crippen molar-refractivity contribution in [2.24, 2.45) is 5.92 Å². The van der Waals surface area contributed by atoms with Crippen LogP contribution >= 0.6 is 11.8 Å². The molecule has 0 saturated carbocycles. The fourth-order valence-electron chi connectivity index (χ4n) is 3.69. The molecule has 3 rings (SSSR count). The molecule has 0 radical (unpaired) electrons. The van der Waals surface area contributed by atoms with Gasteiger partial charge >= 0.3 is 0 Å². The summed E-state index contributed by atoms with van der Waals surface area (Å²) >= 11 is 1.55. The Morgan fingerprint density at radius 3 is 2.09 bits per heavy atom. The second-order valence-electron chi connectivity index (χ2n) is 8.62. The number of amides is 1. The van der Waals surface area contributed by atoms with Crippen LogP contribution in [0.5, 0.6) is 5.75 Å². The predicted octanol–water partition coefficient (Wildman–Crippen LogP) is 5.76. The van der Waals surface area contributed by atoms with Crippen LogP contribution in [0, 0.1) is 5.92 Å². The zero-order chi connectivity index (χ0) is 25.6. The lowest BCUT2D eigenvalue weighted by molar-refractivity contribution is 0.0932. The number of thioether (sulfide) groups is 1. The van der Waals surface area contributed by atoms with Crippen molar-refractivity contribution in [2.75, 3.05) is 24.7 Å². The van der Waals surface area contributed by atoms with Crippen LogP contribution in [0.25, 0.3) is 0 Å². The smallest absolute Gasteiger partial charge is 0.264 e. The number of ether oxygens (including phenoxy) is 1. The lowest BCUT2D eigenvalue weighted by Gasteiger charge is -2.22. The van der Waals surface area contributed by atoms with Gasteiger partial charge in [0.05, 0.1) is 23.7 Å². The van der Waals surface area contributed by atoms with E-state index >= 15 is 0 Å². The molecule has 0 aliphatic heterocycles. The van der Waals surface area contributed by atoms with Crippen LogP contribution in [0.15, 0.2) is 82.6 Å². The van der Waals surface area contributed by atoms with Crippen LogP contribution in [-0.4, -0.2) is 34.7 Å². The minimum atomic E-state index is -3.71. The molecule has 0 heterocycles. The number of hydrogen-bond acceptors (Lipinski definition) is 5. The maximum absolute atomic E-state index is 13.0. The van der Waals surface area contributed by atoms with Crippen LogP contribution in [0.2, 0.25) is 0 Å². The Kier molecular flexibility index (Phi) is 8.86. The van der Waals surface area contributed by atoms with Gasteiger partial charge in [-0.25, -0.2) is 8.42 Å². The van der Waals surface area contributed by atoms with E-state index in [9.17, 15) is 13.2 Å². The topological polar surface area (TPSA) is 75.7 Å². The number of sulfonamides is 1. The molecular weight excluding hydrogens is 480 g/mol. The number of nitrogens with one attached hydrogen (secondary N) is 1. The summed E-state index contributed by atoms with van der Waals surface area (Å²) in [6, 6.07) is 20.9. The van der Waals surface area contributed by atoms with Crippen molar-refractivity contribution in [1.82, 2.24) is 5.32 Å². The van der Waals surface area contributed by atoms with Crippen LogP contribution < -0.4 is 14.4 Å². The Balaban J connectivity index is 1.76. The van der Waals surface area contributed by atoms with E-state index in [1.807, 2.05) is 30.5 Å². The van der Waals surface area contributed by atoms with Crippen molar-refractivity contribution in [2.45, 2.75) is 36.1 Å². The van der Waals surface area contributed by atoms with Gasteiger partial charge in [-0.2, -0.15) is 0 Å². The Morgan fingerprint density at radius 1 is 0.971 bits per heavy atom. The third-order valence-corrected chi connectivity index (χ3v) is 8.28. The maximum atomic E-state index is 13.0. The first-order valence-electron chi connectivity index (χ1n) is 11.3. The molecule has 6 nitrogen and oxygen atoms in total. The van der Waals surface area contributed by atoms with Gasteiger partial charge in [0, 0.05) is 17.5 Å². The molecule has 0 bridgehead atoms. The molecule has 8 heteroatoms. The highest BCUT2D eigenvalue weighted by atomic mass is 32.2. The molecule has 3 aromatic carbocycles. The highest BCUT2D eigenvalue weighted by Crippen LogP contribution is 2.26. The van der Waals surface area contributed by atoms with Crippen molar-refractivity contribution < 1.29 is 17.9 Å². The monoisotopic (exact) mass is 512 g/mol. The molecule has 186 valence electrons. The van der Waals surface area contributed by atoms with Crippen molar-refractivity contribution in [3.8, 4) is 5.75 Å². The first-order valence-corrected chi connectivity index (χ1v) is 14.0. The number of hydrogen-bond donors (Lipinski definition) is 1. The minimum absolute atomic E-state index is 0.152. The predicted molar refractivity (Wildman–Crippen MR) is 143 cm³/mol. The van der Waals surface area contributed by atoms with E-state index in [1.54, 1.807) is 67.4 Å². The molecule has 3 aromatic rings. The van der Waals surface area contributed by atoms with Gasteiger partial charge in [-0.1, -0.05) is 26.0 Å². The van der Waals surface area contributed by atoms with Crippen LogP contribution in [0.1, 0.15) is 42.2 Å². The summed E-state index contributed by atoms with van der Waals surface area (Å²) in [4.78, 5) is 14.2. The zero-order valence-electron chi connectivity index (χ0n) is 20.7. The van der Waals surface area contributed by atoms with Crippen molar-refractivity contribution >= 4 is 33.4 Å². The third kappa shape index (κ3) is 6.58. The lowest BCUT2D eigenvalue weighted by Crippen LogP contribution is -2.30. The van der Waals surface area contributed by atoms with Crippen LogP contribution in [-0.2, 0) is 10.0 Å². The largest absolute Gasteiger partial charge is 0.497 e. The number of anilines is 1. The molecule has 0 saturated heterocycles. The Bertz CT molecular complexity index is 1220. The van der Waals surface area contributed by atoms with Gasteiger partial charge in [-0.3, -0.25) is 9.10 Å². The number of carbonyl (C=O) groups is 1.